The summed E-state index contributed by atoms with van der Waals surface area (Å²) in [5, 5.41) is 6.07. The molecule has 8 nitrogen and oxygen atoms in total. The molecule has 3 amide bonds. The molecule has 38 heavy (non-hydrogen) atoms. The van der Waals surface area contributed by atoms with Crippen LogP contribution >= 0.6 is 0 Å². The molecule has 0 aromatic heterocycles. The molecular weight excluding hydrogens is 480 g/mol. The van der Waals surface area contributed by atoms with Crippen molar-refractivity contribution in [1.29, 1.82) is 0 Å². The number of rotatable bonds is 14. The van der Waals surface area contributed by atoms with Crippen LogP contribution in [-0.2, 0) is 27.4 Å². The van der Waals surface area contributed by atoms with Crippen LogP contribution in [0.1, 0.15) is 57.1 Å². The summed E-state index contributed by atoms with van der Waals surface area (Å²) in [5.74, 6) is -0.550. The SMILES string of the molecule is CCCN1CCCC(NC(=O)C(Cc2ccc(OCc3ccccc3)cc2)NC(=O)CCC(C)C(N)=O)C1. The van der Waals surface area contributed by atoms with Crippen molar-refractivity contribution in [2.24, 2.45) is 11.7 Å². The Bertz CT molecular complexity index is 1030. The topological polar surface area (TPSA) is 114 Å². The molecule has 0 radical (unpaired) electrons. The van der Waals surface area contributed by atoms with E-state index in [4.69, 9.17) is 10.5 Å². The van der Waals surface area contributed by atoms with E-state index >= 15 is 0 Å². The minimum atomic E-state index is -0.718. The van der Waals surface area contributed by atoms with Crippen LogP contribution in [0.25, 0.3) is 0 Å². The van der Waals surface area contributed by atoms with Gasteiger partial charge in [0.15, 0.2) is 0 Å². The van der Waals surface area contributed by atoms with E-state index in [1.54, 1.807) is 6.92 Å². The van der Waals surface area contributed by atoms with E-state index in [0.717, 1.165) is 55.8 Å². The maximum Gasteiger partial charge on any atom is 0.243 e. The van der Waals surface area contributed by atoms with E-state index in [-0.39, 0.29) is 24.3 Å². The molecule has 3 rings (SSSR count). The smallest absolute Gasteiger partial charge is 0.243 e. The maximum atomic E-state index is 13.3. The molecule has 1 aliphatic heterocycles. The molecule has 8 heteroatoms. The number of benzene rings is 2. The summed E-state index contributed by atoms with van der Waals surface area (Å²) in [5.41, 5.74) is 7.33. The molecule has 0 spiro atoms. The number of nitrogens with two attached hydrogens (primary N) is 1. The zero-order valence-corrected chi connectivity index (χ0v) is 22.7. The third-order valence-electron chi connectivity index (χ3n) is 6.95. The first-order chi connectivity index (χ1) is 18.3. The second-order valence-corrected chi connectivity index (χ2v) is 10.2. The minimum Gasteiger partial charge on any atom is -0.489 e. The number of carbonyl (C=O) groups excluding carboxylic acids is 3. The van der Waals surface area contributed by atoms with E-state index in [0.29, 0.717) is 19.4 Å². The quantitative estimate of drug-likeness (QED) is 0.353. The van der Waals surface area contributed by atoms with Gasteiger partial charge in [0.2, 0.25) is 17.7 Å². The first-order valence-electron chi connectivity index (χ1n) is 13.7. The maximum absolute atomic E-state index is 13.3. The van der Waals surface area contributed by atoms with Crippen LogP contribution in [-0.4, -0.2) is 54.3 Å². The fraction of sp³-hybridized carbons (Fsp3) is 0.500. The van der Waals surface area contributed by atoms with Crippen LogP contribution < -0.4 is 21.1 Å². The van der Waals surface area contributed by atoms with E-state index in [9.17, 15) is 14.4 Å². The lowest BCUT2D eigenvalue weighted by molar-refractivity contribution is -0.130. The largest absolute Gasteiger partial charge is 0.489 e. The number of ether oxygens (including phenoxy) is 1. The molecule has 1 fully saturated rings. The third-order valence-corrected chi connectivity index (χ3v) is 6.95. The van der Waals surface area contributed by atoms with Crippen molar-refractivity contribution in [3.8, 4) is 5.75 Å². The lowest BCUT2D eigenvalue weighted by Crippen LogP contribution is -2.54. The number of nitrogens with one attached hydrogen (secondary N) is 2. The molecule has 3 atom stereocenters. The highest BCUT2D eigenvalue weighted by atomic mass is 16.5. The highest BCUT2D eigenvalue weighted by Crippen LogP contribution is 2.17. The second-order valence-electron chi connectivity index (χ2n) is 10.2. The molecular formula is C30H42N4O4. The average molecular weight is 523 g/mol. The van der Waals surface area contributed by atoms with Crippen molar-refractivity contribution < 1.29 is 19.1 Å². The van der Waals surface area contributed by atoms with Gasteiger partial charge in [-0.05, 0) is 62.0 Å². The Morgan fingerprint density at radius 1 is 1.08 bits per heavy atom. The van der Waals surface area contributed by atoms with Crippen LogP contribution in [0.2, 0.25) is 0 Å². The van der Waals surface area contributed by atoms with E-state index in [2.05, 4.69) is 22.5 Å². The second kappa shape index (κ2) is 15.1. The predicted octanol–water partition coefficient (Wildman–Crippen LogP) is 3.19. The highest BCUT2D eigenvalue weighted by Gasteiger charge is 2.26. The monoisotopic (exact) mass is 522 g/mol. The number of primary amides is 1. The number of hydrogen-bond donors (Lipinski definition) is 3. The Balaban J connectivity index is 1.62. The lowest BCUT2D eigenvalue weighted by atomic mass is 10.0. The van der Waals surface area contributed by atoms with Gasteiger partial charge in [-0.1, -0.05) is 56.3 Å². The van der Waals surface area contributed by atoms with Crippen molar-refractivity contribution in [3.05, 3.63) is 65.7 Å². The van der Waals surface area contributed by atoms with Gasteiger partial charge in [0, 0.05) is 31.3 Å². The Kier molecular flexibility index (Phi) is 11.6. The first kappa shape index (κ1) is 29.2. The van der Waals surface area contributed by atoms with E-state index < -0.39 is 17.9 Å². The fourth-order valence-electron chi connectivity index (χ4n) is 4.66. The van der Waals surface area contributed by atoms with Crippen LogP contribution in [0.15, 0.2) is 54.6 Å². The summed E-state index contributed by atoms with van der Waals surface area (Å²) in [7, 11) is 0. The first-order valence-corrected chi connectivity index (χ1v) is 13.7. The summed E-state index contributed by atoms with van der Waals surface area (Å²) < 4.78 is 5.88. The Morgan fingerprint density at radius 2 is 1.82 bits per heavy atom. The van der Waals surface area contributed by atoms with Crippen molar-refractivity contribution in [1.82, 2.24) is 15.5 Å². The van der Waals surface area contributed by atoms with Gasteiger partial charge in [-0.2, -0.15) is 0 Å². The molecule has 0 saturated carbocycles. The normalized spacial score (nSPS) is 17.3. The van der Waals surface area contributed by atoms with E-state index in [1.165, 1.54) is 0 Å². The molecule has 1 heterocycles. The van der Waals surface area contributed by atoms with Crippen molar-refractivity contribution in [3.63, 3.8) is 0 Å². The molecule has 1 saturated heterocycles. The van der Waals surface area contributed by atoms with Gasteiger partial charge >= 0.3 is 0 Å². The molecule has 0 aliphatic carbocycles. The van der Waals surface area contributed by atoms with Gasteiger partial charge in [0.05, 0.1) is 0 Å². The number of carbonyl (C=O) groups is 3. The van der Waals surface area contributed by atoms with Crippen molar-refractivity contribution in [2.45, 2.75) is 71.1 Å². The number of amides is 3. The summed E-state index contributed by atoms with van der Waals surface area (Å²) in [6, 6.07) is 16.9. The van der Waals surface area contributed by atoms with Crippen molar-refractivity contribution in [2.75, 3.05) is 19.6 Å². The van der Waals surface area contributed by atoms with Gasteiger partial charge in [0.1, 0.15) is 18.4 Å². The Morgan fingerprint density at radius 3 is 2.50 bits per heavy atom. The summed E-state index contributed by atoms with van der Waals surface area (Å²) in [4.78, 5) is 39.8. The van der Waals surface area contributed by atoms with Gasteiger partial charge in [-0.3, -0.25) is 14.4 Å². The number of nitrogens with zero attached hydrogens (tertiary/aromatic N) is 1. The van der Waals surface area contributed by atoms with Crippen LogP contribution in [0, 0.1) is 5.92 Å². The Labute approximate surface area is 226 Å². The van der Waals surface area contributed by atoms with Crippen LogP contribution in [0.3, 0.4) is 0 Å². The van der Waals surface area contributed by atoms with Gasteiger partial charge < -0.3 is 26.0 Å². The zero-order valence-electron chi connectivity index (χ0n) is 22.7. The highest BCUT2D eigenvalue weighted by molar-refractivity contribution is 5.88. The summed E-state index contributed by atoms with van der Waals surface area (Å²) in [6.45, 7) is 7.23. The van der Waals surface area contributed by atoms with Gasteiger partial charge in [-0.15, -0.1) is 0 Å². The Hall–Kier alpha value is -3.39. The summed E-state index contributed by atoms with van der Waals surface area (Å²) in [6.07, 6.45) is 3.88. The summed E-state index contributed by atoms with van der Waals surface area (Å²) >= 11 is 0. The van der Waals surface area contributed by atoms with Crippen LogP contribution in [0.5, 0.6) is 5.75 Å². The molecule has 4 N–H and O–H groups in total. The molecule has 0 bridgehead atoms. The van der Waals surface area contributed by atoms with Gasteiger partial charge in [0.25, 0.3) is 0 Å². The predicted molar refractivity (Wildman–Crippen MR) is 148 cm³/mol. The third kappa shape index (κ3) is 9.82. The average Bonchev–Trinajstić information content (AvgIpc) is 2.92. The van der Waals surface area contributed by atoms with E-state index in [1.807, 2.05) is 54.6 Å². The number of piperidine rings is 1. The van der Waals surface area contributed by atoms with Gasteiger partial charge in [-0.25, -0.2) is 0 Å². The molecule has 1 aliphatic rings. The zero-order chi connectivity index (χ0) is 27.3. The number of hydrogen-bond acceptors (Lipinski definition) is 5. The number of likely N-dealkylation sites (tertiary alicyclic amines) is 1. The molecule has 2 aromatic carbocycles. The molecule has 3 unspecified atom stereocenters. The van der Waals surface area contributed by atoms with Crippen LogP contribution in [0.4, 0.5) is 0 Å². The fourth-order valence-corrected chi connectivity index (χ4v) is 4.66. The van der Waals surface area contributed by atoms with Crippen molar-refractivity contribution >= 4 is 17.7 Å². The standard InChI is InChI=1S/C30H42N4O4/c1-3-17-34-18-7-10-25(20-34)32-30(37)27(33-28(35)16-11-22(2)29(31)36)19-23-12-14-26(15-13-23)38-21-24-8-5-4-6-9-24/h4-6,8-9,12-15,22,25,27H,3,7,10-11,16-21H2,1-2H3,(H2,31,36)(H,32,37)(H,33,35). The molecule has 2 aromatic rings. The lowest BCUT2D eigenvalue weighted by Gasteiger charge is -2.33. The molecule has 206 valence electrons. The minimum absolute atomic E-state index is 0.0610.